The van der Waals surface area contributed by atoms with Crippen LogP contribution in [0.4, 0.5) is 0 Å². The Morgan fingerprint density at radius 2 is 1.88 bits per heavy atom. The molecule has 142 valence electrons. The maximum atomic E-state index is 12.5. The lowest BCUT2D eigenvalue weighted by Gasteiger charge is -2.17. The number of hydrogen-bond acceptors (Lipinski definition) is 6. The molecular formula is C17H22N2O5S2. The minimum atomic E-state index is -3.67. The molecule has 2 rings (SSSR count). The average molecular weight is 399 g/mol. The van der Waals surface area contributed by atoms with Gasteiger partial charge in [-0.05, 0) is 25.1 Å². The molecule has 0 radical (unpaired) electrons. The van der Waals surface area contributed by atoms with Crippen molar-refractivity contribution in [2.45, 2.75) is 25.7 Å². The molecule has 0 unspecified atom stereocenters. The fourth-order valence-electron chi connectivity index (χ4n) is 2.45. The second kappa shape index (κ2) is 8.15. The summed E-state index contributed by atoms with van der Waals surface area (Å²) < 4.78 is 32.8. The number of ether oxygens (including phenoxy) is 1. The van der Waals surface area contributed by atoms with Crippen LogP contribution in [0.1, 0.15) is 38.9 Å². The van der Waals surface area contributed by atoms with E-state index in [2.05, 4.69) is 0 Å². The fourth-order valence-corrected chi connectivity index (χ4v) is 4.77. The van der Waals surface area contributed by atoms with Crippen LogP contribution < -0.4 is 0 Å². The molecule has 26 heavy (non-hydrogen) atoms. The van der Waals surface area contributed by atoms with E-state index in [9.17, 15) is 18.0 Å². The third-order valence-electron chi connectivity index (χ3n) is 3.88. The van der Waals surface area contributed by atoms with Gasteiger partial charge in [-0.15, -0.1) is 11.3 Å². The Kier molecular flexibility index (Phi) is 6.38. The highest BCUT2D eigenvalue weighted by atomic mass is 32.2. The van der Waals surface area contributed by atoms with Crippen molar-refractivity contribution in [3.8, 4) is 0 Å². The standard InChI is InChI=1S/C17H22N2O5S2/c1-5-19(6-2)26(22,23)13-9-14(18(4)10-13)17(21)24-11-15(20)16-8-7-12(3)25-16/h7-10H,5-6,11H2,1-4H3. The third kappa shape index (κ3) is 4.22. The topological polar surface area (TPSA) is 85.7 Å². The molecule has 2 aromatic heterocycles. The van der Waals surface area contributed by atoms with Gasteiger partial charge < -0.3 is 9.30 Å². The Hall–Kier alpha value is -1.97. The lowest BCUT2D eigenvalue weighted by molar-refractivity contribution is 0.0466. The SMILES string of the molecule is CCN(CC)S(=O)(=O)c1cc(C(=O)OCC(=O)c2ccc(C)s2)n(C)c1. The van der Waals surface area contributed by atoms with Gasteiger partial charge in [0.1, 0.15) is 10.6 Å². The van der Waals surface area contributed by atoms with Crippen LogP contribution >= 0.6 is 11.3 Å². The number of rotatable bonds is 8. The Morgan fingerprint density at radius 3 is 2.42 bits per heavy atom. The molecule has 0 fully saturated rings. The molecular weight excluding hydrogens is 376 g/mol. The quantitative estimate of drug-likeness (QED) is 0.504. The number of carbonyl (C=O) groups excluding carboxylic acids is 2. The lowest BCUT2D eigenvalue weighted by atomic mass is 10.3. The van der Waals surface area contributed by atoms with E-state index in [0.29, 0.717) is 18.0 Å². The first-order chi connectivity index (χ1) is 12.2. The monoisotopic (exact) mass is 398 g/mol. The third-order valence-corrected chi connectivity index (χ3v) is 6.94. The zero-order valence-electron chi connectivity index (χ0n) is 15.2. The molecule has 2 aromatic rings. The van der Waals surface area contributed by atoms with Crippen LogP contribution in [0.2, 0.25) is 0 Å². The minimum absolute atomic E-state index is 0.0239. The first-order valence-corrected chi connectivity index (χ1v) is 10.4. The summed E-state index contributed by atoms with van der Waals surface area (Å²) in [5.74, 6) is -1.03. The Balaban J connectivity index is 2.13. The molecule has 7 nitrogen and oxygen atoms in total. The second-order valence-corrected chi connectivity index (χ2v) is 8.90. The molecule has 0 saturated heterocycles. The zero-order valence-corrected chi connectivity index (χ0v) is 16.8. The van der Waals surface area contributed by atoms with Crippen LogP contribution in [-0.4, -0.2) is 48.7 Å². The summed E-state index contributed by atoms with van der Waals surface area (Å²) in [6.45, 7) is 5.66. The van der Waals surface area contributed by atoms with E-state index in [1.807, 2.05) is 13.0 Å². The number of aromatic nitrogens is 1. The van der Waals surface area contributed by atoms with Crippen molar-refractivity contribution in [2.75, 3.05) is 19.7 Å². The molecule has 0 aliphatic heterocycles. The normalized spacial score (nSPS) is 11.7. The fraction of sp³-hybridized carbons (Fsp3) is 0.412. The highest BCUT2D eigenvalue weighted by Gasteiger charge is 2.26. The van der Waals surface area contributed by atoms with Crippen LogP contribution in [0, 0.1) is 6.92 Å². The second-order valence-electron chi connectivity index (χ2n) is 5.67. The molecule has 0 aliphatic rings. The molecule has 0 spiro atoms. The van der Waals surface area contributed by atoms with Crippen molar-refractivity contribution in [2.24, 2.45) is 7.05 Å². The van der Waals surface area contributed by atoms with Crippen LogP contribution in [0.3, 0.4) is 0 Å². The van der Waals surface area contributed by atoms with Gasteiger partial charge in [0.2, 0.25) is 15.8 Å². The van der Waals surface area contributed by atoms with E-state index in [1.54, 1.807) is 27.0 Å². The first-order valence-electron chi connectivity index (χ1n) is 8.14. The summed E-state index contributed by atoms with van der Waals surface area (Å²) in [7, 11) is -2.11. The number of aryl methyl sites for hydroxylation is 2. The number of hydrogen-bond donors (Lipinski definition) is 0. The summed E-state index contributed by atoms with van der Waals surface area (Å²) in [4.78, 5) is 25.8. The van der Waals surface area contributed by atoms with Gasteiger partial charge in [0.05, 0.1) is 4.88 Å². The highest BCUT2D eigenvalue weighted by molar-refractivity contribution is 7.89. The van der Waals surface area contributed by atoms with Gasteiger partial charge in [-0.1, -0.05) is 13.8 Å². The van der Waals surface area contributed by atoms with Gasteiger partial charge in [0.25, 0.3) is 0 Å². The molecule has 0 aromatic carbocycles. The zero-order chi connectivity index (χ0) is 19.5. The number of nitrogens with zero attached hydrogens (tertiary/aromatic N) is 2. The first kappa shape index (κ1) is 20.3. The average Bonchev–Trinajstić information content (AvgIpc) is 3.19. The van der Waals surface area contributed by atoms with Crippen molar-refractivity contribution in [3.63, 3.8) is 0 Å². The number of Topliss-reactive ketones (excluding diaryl/α,β-unsaturated/α-hetero) is 1. The molecule has 0 aliphatic carbocycles. The van der Waals surface area contributed by atoms with Gasteiger partial charge in [0.15, 0.2) is 6.61 Å². The Labute approximate surface area is 157 Å². The van der Waals surface area contributed by atoms with E-state index in [1.165, 1.54) is 32.5 Å². The number of sulfonamides is 1. The van der Waals surface area contributed by atoms with E-state index in [4.69, 9.17) is 4.74 Å². The number of esters is 1. The van der Waals surface area contributed by atoms with Crippen molar-refractivity contribution in [1.29, 1.82) is 0 Å². The molecule has 0 atom stereocenters. The van der Waals surface area contributed by atoms with Crippen LogP contribution in [0.15, 0.2) is 29.3 Å². The minimum Gasteiger partial charge on any atom is -0.453 e. The van der Waals surface area contributed by atoms with Crippen molar-refractivity contribution in [3.05, 3.63) is 39.8 Å². The van der Waals surface area contributed by atoms with Crippen molar-refractivity contribution >= 4 is 33.1 Å². The van der Waals surface area contributed by atoms with E-state index in [0.717, 1.165) is 4.88 Å². The molecule has 9 heteroatoms. The molecule has 0 N–H and O–H groups in total. The predicted octanol–water partition coefficient (Wildman–Crippen LogP) is 2.47. The maximum Gasteiger partial charge on any atom is 0.355 e. The number of thiophene rings is 1. The van der Waals surface area contributed by atoms with Crippen molar-refractivity contribution < 1.29 is 22.7 Å². The summed E-state index contributed by atoms with van der Waals surface area (Å²) in [6, 6.07) is 4.78. The summed E-state index contributed by atoms with van der Waals surface area (Å²) >= 11 is 1.33. The van der Waals surface area contributed by atoms with Gasteiger partial charge in [-0.25, -0.2) is 13.2 Å². The lowest BCUT2D eigenvalue weighted by Crippen LogP contribution is -2.30. The predicted molar refractivity (Wildman–Crippen MR) is 99.2 cm³/mol. The Morgan fingerprint density at radius 1 is 1.23 bits per heavy atom. The van der Waals surface area contributed by atoms with E-state index < -0.39 is 16.0 Å². The van der Waals surface area contributed by atoms with E-state index >= 15 is 0 Å². The largest absolute Gasteiger partial charge is 0.453 e. The number of carbonyl (C=O) groups is 2. The van der Waals surface area contributed by atoms with Crippen LogP contribution in [0.5, 0.6) is 0 Å². The van der Waals surface area contributed by atoms with Crippen molar-refractivity contribution in [1.82, 2.24) is 8.87 Å². The molecule has 0 bridgehead atoms. The van der Waals surface area contributed by atoms with Crippen LogP contribution in [-0.2, 0) is 21.8 Å². The molecule has 2 heterocycles. The van der Waals surface area contributed by atoms with Gasteiger partial charge in [0, 0.05) is 31.2 Å². The smallest absolute Gasteiger partial charge is 0.355 e. The maximum absolute atomic E-state index is 12.5. The number of ketones is 1. The van der Waals surface area contributed by atoms with E-state index in [-0.39, 0.29) is 23.0 Å². The summed E-state index contributed by atoms with van der Waals surface area (Å²) in [5.41, 5.74) is 0.0749. The molecule has 0 amide bonds. The molecule has 0 saturated carbocycles. The summed E-state index contributed by atoms with van der Waals surface area (Å²) in [5, 5.41) is 0. The van der Waals surface area contributed by atoms with Gasteiger partial charge in [-0.3, -0.25) is 4.79 Å². The van der Waals surface area contributed by atoms with Gasteiger partial charge in [-0.2, -0.15) is 4.31 Å². The van der Waals surface area contributed by atoms with Crippen LogP contribution in [0.25, 0.3) is 0 Å². The van der Waals surface area contributed by atoms with Gasteiger partial charge >= 0.3 is 5.97 Å². The highest BCUT2D eigenvalue weighted by Crippen LogP contribution is 2.20. The Bertz CT molecular complexity index is 907. The summed E-state index contributed by atoms with van der Waals surface area (Å²) in [6.07, 6.45) is 1.37.